The second-order valence-corrected chi connectivity index (χ2v) is 10.3. The monoisotopic (exact) mass is 654 g/mol. The van der Waals surface area contributed by atoms with E-state index in [1.165, 1.54) is 62.8 Å². The van der Waals surface area contributed by atoms with E-state index in [-0.39, 0.29) is 34.3 Å². The van der Waals surface area contributed by atoms with Crippen molar-refractivity contribution < 1.29 is 68.6 Å². The molecule has 5 rings (SSSR count). The number of fused-ring (bicyclic) bond motifs is 1. The highest BCUT2D eigenvalue weighted by molar-refractivity contribution is 5.93. The lowest BCUT2D eigenvalue weighted by Gasteiger charge is -2.41. The fourth-order valence-corrected chi connectivity index (χ4v) is 4.89. The Balaban J connectivity index is 1.57. The van der Waals surface area contributed by atoms with Gasteiger partial charge in [0.15, 0.2) is 34.7 Å². The van der Waals surface area contributed by atoms with E-state index in [2.05, 4.69) is 0 Å². The molecular weight excluding hydrogens is 624 g/mol. The molecule has 5 atom stereocenters. The minimum absolute atomic E-state index is 0.130. The van der Waals surface area contributed by atoms with Gasteiger partial charge in [0.05, 0.1) is 20.8 Å². The normalized spacial score (nSPS) is 21.1. The fourth-order valence-electron chi connectivity index (χ4n) is 4.89. The summed E-state index contributed by atoms with van der Waals surface area (Å²) in [6.07, 6.45) is -6.50. The number of hydrogen-bond donors (Lipinski definition) is 7. The lowest BCUT2D eigenvalue weighted by atomic mass is 9.99. The van der Waals surface area contributed by atoms with E-state index in [0.29, 0.717) is 5.56 Å². The quantitative estimate of drug-likeness (QED) is 0.0773. The molecule has 1 aliphatic rings. The number of aromatic hydroxyl groups is 4. The predicted molar refractivity (Wildman–Crippen MR) is 161 cm³/mol. The summed E-state index contributed by atoms with van der Waals surface area (Å²) < 4.78 is 32.9. The molecule has 0 bridgehead atoms. The molecule has 4 aromatic rings. The Bertz CT molecular complexity index is 1860. The molecule has 15 heteroatoms. The Hall–Kier alpha value is -5.48. The number of esters is 1. The van der Waals surface area contributed by atoms with Crippen LogP contribution in [0.25, 0.3) is 28.4 Å². The lowest BCUT2D eigenvalue weighted by Crippen LogP contribution is -2.61. The Morgan fingerprint density at radius 1 is 0.915 bits per heavy atom. The molecule has 1 fully saturated rings. The molecule has 0 amide bonds. The summed E-state index contributed by atoms with van der Waals surface area (Å²) in [5, 5.41) is 71.8. The Labute approximate surface area is 265 Å². The van der Waals surface area contributed by atoms with Crippen LogP contribution in [0.1, 0.15) is 5.56 Å². The van der Waals surface area contributed by atoms with Gasteiger partial charge in [-0.1, -0.05) is 6.07 Å². The van der Waals surface area contributed by atoms with E-state index in [9.17, 15) is 45.3 Å². The second kappa shape index (κ2) is 13.5. The van der Waals surface area contributed by atoms with Crippen molar-refractivity contribution in [2.45, 2.75) is 30.7 Å². The van der Waals surface area contributed by atoms with Crippen molar-refractivity contribution in [3.63, 3.8) is 0 Å². The highest BCUT2D eigenvalue weighted by atomic mass is 16.7. The Morgan fingerprint density at radius 2 is 1.62 bits per heavy atom. The van der Waals surface area contributed by atoms with E-state index in [1.54, 1.807) is 0 Å². The van der Waals surface area contributed by atoms with Crippen LogP contribution in [0, 0.1) is 0 Å². The lowest BCUT2D eigenvalue weighted by molar-refractivity contribution is -0.281. The van der Waals surface area contributed by atoms with E-state index in [4.69, 9.17) is 28.1 Å². The third-order valence-corrected chi connectivity index (χ3v) is 7.32. The van der Waals surface area contributed by atoms with Gasteiger partial charge in [0.25, 0.3) is 0 Å². The molecule has 7 N–H and O–H groups in total. The van der Waals surface area contributed by atoms with Crippen molar-refractivity contribution in [2.24, 2.45) is 0 Å². The van der Waals surface area contributed by atoms with Crippen LogP contribution < -0.4 is 19.6 Å². The second-order valence-electron chi connectivity index (χ2n) is 10.3. The summed E-state index contributed by atoms with van der Waals surface area (Å²) in [7, 11) is 2.56. The number of phenolic OH excluding ortho intramolecular Hbond substituents is 4. The molecule has 2 unspecified atom stereocenters. The third kappa shape index (κ3) is 6.45. The maximum atomic E-state index is 13.9. The SMILES string of the molecule is COc1cc(/C=C/C(=O)OC2[C@H](Oc3c(-c4ccc(O)cc4)oc4c(O)c(OC)cc(O)c4c3=O)OC(CO)[C@@H](O)[C@@H]2O)ccc1O. The van der Waals surface area contributed by atoms with Gasteiger partial charge in [-0.15, -0.1) is 0 Å². The average molecular weight is 655 g/mol. The van der Waals surface area contributed by atoms with Gasteiger partial charge < -0.3 is 63.8 Å². The number of carbonyl (C=O) groups is 1. The van der Waals surface area contributed by atoms with Crippen LogP contribution in [0.5, 0.6) is 40.2 Å². The smallest absolute Gasteiger partial charge is 0.331 e. The molecule has 3 aromatic carbocycles. The zero-order valence-corrected chi connectivity index (χ0v) is 24.8. The first-order valence-corrected chi connectivity index (χ1v) is 13.9. The summed E-state index contributed by atoms with van der Waals surface area (Å²) in [4.78, 5) is 26.8. The van der Waals surface area contributed by atoms with E-state index >= 15 is 0 Å². The summed E-state index contributed by atoms with van der Waals surface area (Å²) in [5.74, 6) is -3.67. The molecule has 0 aliphatic carbocycles. The first kappa shape index (κ1) is 32.9. The van der Waals surface area contributed by atoms with Crippen molar-refractivity contribution in [1.29, 1.82) is 0 Å². The first-order chi connectivity index (χ1) is 22.5. The van der Waals surface area contributed by atoms with Gasteiger partial charge in [-0.2, -0.15) is 0 Å². The summed E-state index contributed by atoms with van der Waals surface area (Å²) in [6, 6.07) is 10.5. The molecular formula is C32H30O15. The minimum Gasteiger partial charge on any atom is -0.508 e. The summed E-state index contributed by atoms with van der Waals surface area (Å²) >= 11 is 0. The van der Waals surface area contributed by atoms with Crippen molar-refractivity contribution >= 4 is 23.0 Å². The first-order valence-electron chi connectivity index (χ1n) is 13.9. The predicted octanol–water partition coefficient (Wildman–Crippen LogP) is 1.74. The number of ether oxygens (including phenoxy) is 5. The maximum Gasteiger partial charge on any atom is 0.331 e. The maximum absolute atomic E-state index is 13.9. The van der Waals surface area contributed by atoms with E-state index in [1.807, 2.05) is 0 Å². The third-order valence-electron chi connectivity index (χ3n) is 7.32. The molecule has 248 valence electrons. The van der Waals surface area contributed by atoms with E-state index in [0.717, 1.165) is 12.1 Å². The van der Waals surface area contributed by atoms with Gasteiger partial charge in [-0.25, -0.2) is 4.79 Å². The van der Waals surface area contributed by atoms with Crippen LogP contribution in [-0.4, -0.2) is 93.2 Å². The molecule has 0 radical (unpaired) electrons. The standard InChI is InChI=1S/C32H30O15/c1-42-19-11-14(3-9-17(19)35)4-10-22(37)45-31-27(41)24(38)21(13-33)44-32(31)47-30-26(40)23-18(36)12-20(43-2)25(39)29(23)46-28(30)15-5-7-16(34)8-6-15/h3-12,21,24,27,31-36,38-39,41H,13H2,1-2H3/b10-4+/t21?,24-,27+,31?,32+/m1/s1. The van der Waals surface area contributed by atoms with Crippen LogP contribution in [0.3, 0.4) is 0 Å². The van der Waals surface area contributed by atoms with Crippen molar-refractivity contribution in [1.82, 2.24) is 0 Å². The van der Waals surface area contributed by atoms with Gasteiger partial charge in [0, 0.05) is 17.7 Å². The zero-order valence-electron chi connectivity index (χ0n) is 24.8. The van der Waals surface area contributed by atoms with Crippen LogP contribution in [0.2, 0.25) is 0 Å². The minimum atomic E-state index is -1.90. The van der Waals surface area contributed by atoms with Crippen molar-refractivity contribution in [3.05, 3.63) is 70.4 Å². The highest BCUT2D eigenvalue weighted by Crippen LogP contribution is 2.43. The molecule has 1 saturated heterocycles. The molecule has 1 aliphatic heterocycles. The van der Waals surface area contributed by atoms with E-state index < -0.39 is 76.9 Å². The van der Waals surface area contributed by atoms with Gasteiger partial charge in [0.2, 0.25) is 23.2 Å². The van der Waals surface area contributed by atoms with Gasteiger partial charge in [-0.05, 0) is 48.0 Å². The van der Waals surface area contributed by atoms with Crippen LogP contribution in [0.4, 0.5) is 0 Å². The van der Waals surface area contributed by atoms with Gasteiger partial charge in [0.1, 0.15) is 35.2 Å². The molecule has 2 heterocycles. The number of carbonyl (C=O) groups excluding carboxylic acids is 1. The number of methoxy groups -OCH3 is 2. The van der Waals surface area contributed by atoms with Gasteiger partial charge in [-0.3, -0.25) is 4.79 Å². The number of hydrogen-bond acceptors (Lipinski definition) is 15. The molecule has 0 spiro atoms. The molecule has 15 nitrogen and oxygen atoms in total. The molecule has 0 saturated carbocycles. The van der Waals surface area contributed by atoms with Crippen LogP contribution >= 0.6 is 0 Å². The number of phenols is 4. The topological polar surface area (TPSA) is 235 Å². The van der Waals surface area contributed by atoms with Crippen molar-refractivity contribution in [2.75, 3.05) is 20.8 Å². The average Bonchev–Trinajstić information content (AvgIpc) is 3.06. The number of rotatable bonds is 9. The summed E-state index contributed by atoms with van der Waals surface area (Å²) in [5.41, 5.74) is -0.957. The van der Waals surface area contributed by atoms with Crippen LogP contribution in [-0.2, 0) is 14.3 Å². The summed E-state index contributed by atoms with van der Waals surface area (Å²) in [6.45, 7) is -0.813. The highest BCUT2D eigenvalue weighted by Gasteiger charge is 2.48. The Morgan fingerprint density at radius 3 is 2.28 bits per heavy atom. The number of aliphatic hydroxyl groups is 3. The molecule has 47 heavy (non-hydrogen) atoms. The fraction of sp³-hybridized carbons (Fsp3) is 0.250. The zero-order chi connectivity index (χ0) is 34.0. The Kier molecular flexibility index (Phi) is 9.44. The van der Waals surface area contributed by atoms with Crippen LogP contribution in [0.15, 0.2) is 63.8 Å². The molecule has 1 aromatic heterocycles. The number of aliphatic hydroxyl groups excluding tert-OH is 3. The number of benzene rings is 3. The largest absolute Gasteiger partial charge is 0.508 e. The van der Waals surface area contributed by atoms with Gasteiger partial charge >= 0.3 is 5.97 Å². The van der Waals surface area contributed by atoms with Crippen molar-refractivity contribution in [3.8, 4) is 51.6 Å².